The molecule has 1 aromatic carbocycles. The fraction of sp³-hybridized carbons (Fsp3) is 0.316. The van der Waals surface area contributed by atoms with Gasteiger partial charge in [-0.1, -0.05) is 12.1 Å². The third kappa shape index (κ3) is 4.46. The maximum atomic E-state index is 12.6. The van der Waals surface area contributed by atoms with Gasteiger partial charge >= 0.3 is 0 Å². The summed E-state index contributed by atoms with van der Waals surface area (Å²) >= 11 is 0. The van der Waals surface area contributed by atoms with E-state index in [1.807, 2.05) is 6.07 Å². The summed E-state index contributed by atoms with van der Waals surface area (Å²) in [6.07, 6.45) is 2.95. The van der Waals surface area contributed by atoms with Crippen molar-refractivity contribution in [3.05, 3.63) is 47.8 Å². The van der Waals surface area contributed by atoms with Crippen LogP contribution < -0.4 is 5.32 Å². The van der Waals surface area contributed by atoms with Crippen LogP contribution in [-0.4, -0.2) is 63.5 Å². The van der Waals surface area contributed by atoms with E-state index in [1.54, 1.807) is 28.0 Å². The number of nitrogens with one attached hydrogen (secondary N) is 1. The Hall–Kier alpha value is -3.29. The van der Waals surface area contributed by atoms with Crippen LogP contribution >= 0.6 is 0 Å². The quantitative estimate of drug-likeness (QED) is 0.827. The topological polar surface area (TPSA) is 95.5 Å². The van der Waals surface area contributed by atoms with Crippen molar-refractivity contribution >= 4 is 29.2 Å². The van der Waals surface area contributed by atoms with Gasteiger partial charge in [-0.2, -0.15) is 0 Å². The fourth-order valence-electron chi connectivity index (χ4n) is 2.86. The lowest BCUT2D eigenvalue weighted by molar-refractivity contribution is -0.130. The highest BCUT2D eigenvalue weighted by Crippen LogP contribution is 2.16. The van der Waals surface area contributed by atoms with Gasteiger partial charge in [-0.15, -0.1) is 0 Å². The van der Waals surface area contributed by atoms with Gasteiger partial charge in [0.05, 0.1) is 5.56 Å². The highest BCUT2D eigenvalue weighted by Gasteiger charge is 2.23. The van der Waals surface area contributed by atoms with Crippen molar-refractivity contribution in [3.8, 4) is 0 Å². The molecule has 1 N–H and O–H groups in total. The monoisotopic (exact) mass is 367 g/mol. The second-order valence-electron chi connectivity index (χ2n) is 6.36. The summed E-state index contributed by atoms with van der Waals surface area (Å²) in [5, 5.41) is 3.02. The van der Waals surface area contributed by atoms with Crippen LogP contribution in [0.1, 0.15) is 34.6 Å². The van der Waals surface area contributed by atoms with Crippen LogP contribution in [0, 0.1) is 0 Å². The fourth-order valence-corrected chi connectivity index (χ4v) is 2.86. The Bertz CT molecular complexity index is 858. The Morgan fingerprint density at radius 2 is 1.56 bits per heavy atom. The van der Waals surface area contributed by atoms with Crippen LogP contribution in [0.25, 0.3) is 0 Å². The molecule has 2 amide bonds. The van der Waals surface area contributed by atoms with Crippen molar-refractivity contribution in [2.45, 2.75) is 13.8 Å². The van der Waals surface area contributed by atoms with E-state index in [4.69, 9.17) is 0 Å². The van der Waals surface area contributed by atoms with Crippen molar-refractivity contribution in [1.82, 2.24) is 19.8 Å². The molecule has 2 heterocycles. The number of amides is 2. The standard InChI is InChI=1S/C19H21N5O3/c1-13(25)15-4-3-5-17(10-15)22-19-20-11-16(12-21-19)18(27)24-8-6-23(7-9-24)14(2)26/h3-5,10-12H,6-9H2,1-2H3,(H,20,21,22). The summed E-state index contributed by atoms with van der Waals surface area (Å²) in [5.74, 6) is 0.192. The van der Waals surface area contributed by atoms with E-state index in [9.17, 15) is 14.4 Å². The van der Waals surface area contributed by atoms with Crippen molar-refractivity contribution in [2.24, 2.45) is 0 Å². The zero-order valence-corrected chi connectivity index (χ0v) is 15.3. The molecule has 140 valence electrons. The maximum Gasteiger partial charge on any atom is 0.257 e. The second kappa shape index (κ2) is 7.94. The van der Waals surface area contributed by atoms with Gasteiger partial charge in [0.25, 0.3) is 5.91 Å². The molecule has 0 spiro atoms. The number of piperazine rings is 1. The van der Waals surface area contributed by atoms with Crippen molar-refractivity contribution in [2.75, 3.05) is 31.5 Å². The average Bonchev–Trinajstić information content (AvgIpc) is 2.68. The molecule has 1 aromatic heterocycles. The summed E-state index contributed by atoms with van der Waals surface area (Å²) in [4.78, 5) is 47.2. The van der Waals surface area contributed by atoms with Gasteiger partial charge in [-0.3, -0.25) is 14.4 Å². The molecular formula is C19H21N5O3. The van der Waals surface area contributed by atoms with Crippen LogP contribution in [0.2, 0.25) is 0 Å². The first-order valence-electron chi connectivity index (χ1n) is 8.69. The summed E-state index contributed by atoms with van der Waals surface area (Å²) in [6, 6.07) is 7.04. The number of carbonyl (C=O) groups excluding carboxylic acids is 3. The van der Waals surface area contributed by atoms with E-state index >= 15 is 0 Å². The lowest BCUT2D eigenvalue weighted by Gasteiger charge is -2.34. The molecule has 3 rings (SSSR count). The molecule has 1 aliphatic heterocycles. The van der Waals surface area contributed by atoms with Crippen molar-refractivity contribution in [3.63, 3.8) is 0 Å². The number of hydrogen-bond acceptors (Lipinski definition) is 6. The van der Waals surface area contributed by atoms with E-state index < -0.39 is 0 Å². The predicted octanol–water partition coefficient (Wildman–Crippen LogP) is 1.73. The molecule has 27 heavy (non-hydrogen) atoms. The molecule has 1 fully saturated rings. The lowest BCUT2D eigenvalue weighted by Crippen LogP contribution is -2.50. The molecule has 1 saturated heterocycles. The maximum absolute atomic E-state index is 12.6. The largest absolute Gasteiger partial charge is 0.339 e. The average molecular weight is 367 g/mol. The minimum atomic E-state index is -0.150. The second-order valence-corrected chi connectivity index (χ2v) is 6.36. The Labute approximate surface area is 157 Å². The normalized spacial score (nSPS) is 14.0. The zero-order chi connectivity index (χ0) is 19.4. The molecule has 0 atom stereocenters. The van der Waals surface area contributed by atoms with E-state index in [0.29, 0.717) is 48.9 Å². The molecule has 2 aromatic rings. The minimum absolute atomic E-state index is 0.0228. The number of benzene rings is 1. The third-order valence-electron chi connectivity index (χ3n) is 4.44. The molecule has 0 bridgehead atoms. The SMILES string of the molecule is CC(=O)c1cccc(Nc2ncc(C(=O)N3CCN(C(C)=O)CC3)cn2)c1. The van der Waals surface area contributed by atoms with Crippen LogP contribution in [0.3, 0.4) is 0 Å². The number of carbonyl (C=O) groups is 3. The highest BCUT2D eigenvalue weighted by atomic mass is 16.2. The first-order chi connectivity index (χ1) is 12.9. The number of Topliss-reactive ketones (excluding diaryl/α,β-unsaturated/α-hetero) is 1. The number of anilines is 2. The molecule has 0 saturated carbocycles. The number of rotatable bonds is 4. The summed E-state index contributed by atoms with van der Waals surface area (Å²) < 4.78 is 0. The first-order valence-corrected chi connectivity index (χ1v) is 8.69. The summed E-state index contributed by atoms with van der Waals surface area (Å²) in [7, 11) is 0. The van der Waals surface area contributed by atoms with E-state index in [-0.39, 0.29) is 17.6 Å². The van der Waals surface area contributed by atoms with Crippen molar-refractivity contribution < 1.29 is 14.4 Å². The predicted molar refractivity (Wildman–Crippen MR) is 99.9 cm³/mol. The van der Waals surface area contributed by atoms with Crippen LogP contribution in [0.4, 0.5) is 11.6 Å². The number of hydrogen-bond donors (Lipinski definition) is 1. The van der Waals surface area contributed by atoms with Crippen LogP contribution in [0.15, 0.2) is 36.7 Å². The first kappa shape index (κ1) is 18.5. The van der Waals surface area contributed by atoms with Gasteiger partial charge in [0, 0.05) is 56.7 Å². The van der Waals surface area contributed by atoms with Crippen LogP contribution in [0.5, 0.6) is 0 Å². The molecule has 0 unspecified atom stereocenters. The number of nitrogens with zero attached hydrogens (tertiary/aromatic N) is 4. The summed E-state index contributed by atoms with van der Waals surface area (Å²) in [6.45, 7) is 5.10. The van der Waals surface area contributed by atoms with Gasteiger partial charge < -0.3 is 15.1 Å². The molecule has 0 aliphatic carbocycles. The van der Waals surface area contributed by atoms with E-state index in [0.717, 1.165) is 0 Å². The smallest absolute Gasteiger partial charge is 0.257 e. The molecule has 8 nitrogen and oxygen atoms in total. The Kier molecular flexibility index (Phi) is 5.44. The van der Waals surface area contributed by atoms with E-state index in [2.05, 4.69) is 15.3 Å². The third-order valence-corrected chi connectivity index (χ3v) is 4.44. The lowest BCUT2D eigenvalue weighted by atomic mass is 10.1. The van der Waals surface area contributed by atoms with Gasteiger partial charge in [-0.05, 0) is 19.1 Å². The number of ketones is 1. The highest BCUT2D eigenvalue weighted by molar-refractivity contribution is 5.95. The molecule has 8 heteroatoms. The minimum Gasteiger partial charge on any atom is -0.339 e. The van der Waals surface area contributed by atoms with Gasteiger partial charge in [-0.25, -0.2) is 9.97 Å². The van der Waals surface area contributed by atoms with Crippen molar-refractivity contribution in [1.29, 1.82) is 0 Å². The Morgan fingerprint density at radius 3 is 2.15 bits per heavy atom. The van der Waals surface area contributed by atoms with Gasteiger partial charge in [0.1, 0.15) is 0 Å². The van der Waals surface area contributed by atoms with Crippen LogP contribution in [-0.2, 0) is 4.79 Å². The molecular weight excluding hydrogens is 346 g/mol. The Morgan fingerprint density at radius 1 is 0.926 bits per heavy atom. The molecule has 0 radical (unpaired) electrons. The van der Waals surface area contributed by atoms with Gasteiger partial charge in [0.15, 0.2) is 5.78 Å². The number of aromatic nitrogens is 2. The zero-order valence-electron chi connectivity index (χ0n) is 15.3. The van der Waals surface area contributed by atoms with E-state index in [1.165, 1.54) is 26.2 Å². The summed E-state index contributed by atoms with van der Waals surface area (Å²) in [5.41, 5.74) is 1.69. The Balaban J connectivity index is 1.63. The van der Waals surface area contributed by atoms with Gasteiger partial charge in [0.2, 0.25) is 11.9 Å². The molecule has 1 aliphatic rings.